The van der Waals surface area contributed by atoms with Gasteiger partial charge in [0.25, 0.3) is 0 Å². The Morgan fingerprint density at radius 2 is 2.25 bits per heavy atom. The van der Waals surface area contributed by atoms with Crippen LogP contribution in [0.25, 0.3) is 0 Å². The van der Waals surface area contributed by atoms with Crippen LogP contribution < -0.4 is 5.32 Å². The molecule has 2 heterocycles. The third kappa shape index (κ3) is 3.07. The van der Waals surface area contributed by atoms with E-state index >= 15 is 0 Å². The second kappa shape index (κ2) is 6.72. The van der Waals surface area contributed by atoms with Crippen LogP contribution in [0.1, 0.15) is 57.0 Å². The summed E-state index contributed by atoms with van der Waals surface area (Å²) in [5.41, 5.74) is 1.35. The fourth-order valence-electron chi connectivity index (χ4n) is 3.61. The molecule has 0 spiro atoms. The third-order valence-corrected chi connectivity index (χ3v) is 4.68. The Bertz CT molecular complexity index is 429. The van der Waals surface area contributed by atoms with Crippen molar-refractivity contribution in [3.63, 3.8) is 0 Å². The van der Waals surface area contributed by atoms with Crippen molar-refractivity contribution in [3.8, 4) is 0 Å². The Labute approximate surface area is 121 Å². The summed E-state index contributed by atoms with van der Waals surface area (Å²) in [4.78, 5) is 4.61. The van der Waals surface area contributed by atoms with E-state index in [-0.39, 0.29) is 0 Å². The standard InChI is InChI=1S/C16H27N3O/c1-2-20-15-8-6-7-14(15)17-11-13-12-18-16-9-4-3-5-10-19(13)16/h12,14-15,17H,2-11H2,1H3/t14-,15-/m1/s1. The van der Waals surface area contributed by atoms with E-state index in [1.54, 1.807) is 0 Å². The number of aromatic nitrogens is 2. The van der Waals surface area contributed by atoms with Crippen molar-refractivity contribution in [2.45, 2.75) is 77.1 Å². The number of fused-ring (bicyclic) bond motifs is 1. The van der Waals surface area contributed by atoms with Crippen LogP contribution in [0.2, 0.25) is 0 Å². The molecule has 1 saturated carbocycles. The summed E-state index contributed by atoms with van der Waals surface area (Å²) in [5.74, 6) is 1.28. The molecule has 4 nitrogen and oxygen atoms in total. The molecular formula is C16H27N3O. The topological polar surface area (TPSA) is 39.1 Å². The monoisotopic (exact) mass is 277 g/mol. The van der Waals surface area contributed by atoms with Crippen LogP contribution in [0.4, 0.5) is 0 Å². The fraction of sp³-hybridized carbons (Fsp3) is 0.812. The summed E-state index contributed by atoms with van der Waals surface area (Å²) in [7, 11) is 0. The van der Waals surface area contributed by atoms with Gasteiger partial charge in [-0.15, -0.1) is 0 Å². The summed E-state index contributed by atoms with van der Waals surface area (Å²) >= 11 is 0. The van der Waals surface area contributed by atoms with Gasteiger partial charge in [0.2, 0.25) is 0 Å². The van der Waals surface area contributed by atoms with Crippen molar-refractivity contribution in [3.05, 3.63) is 17.7 Å². The predicted molar refractivity (Wildman–Crippen MR) is 79.7 cm³/mol. The smallest absolute Gasteiger partial charge is 0.108 e. The maximum absolute atomic E-state index is 5.83. The minimum atomic E-state index is 0.409. The molecule has 1 aliphatic carbocycles. The first-order valence-electron chi connectivity index (χ1n) is 8.26. The number of aryl methyl sites for hydroxylation is 1. The highest BCUT2D eigenvalue weighted by Crippen LogP contribution is 2.23. The maximum Gasteiger partial charge on any atom is 0.108 e. The molecule has 1 aromatic rings. The summed E-state index contributed by atoms with van der Waals surface area (Å²) in [5, 5.41) is 3.70. The first-order valence-corrected chi connectivity index (χ1v) is 8.26. The minimum absolute atomic E-state index is 0.409. The highest BCUT2D eigenvalue weighted by Gasteiger charge is 2.27. The first-order chi connectivity index (χ1) is 9.88. The van der Waals surface area contributed by atoms with Gasteiger partial charge in [0, 0.05) is 38.4 Å². The Morgan fingerprint density at radius 1 is 1.30 bits per heavy atom. The second-order valence-electron chi connectivity index (χ2n) is 6.04. The summed E-state index contributed by atoms with van der Waals surface area (Å²) in [6.45, 7) is 4.99. The lowest BCUT2D eigenvalue weighted by molar-refractivity contribution is 0.0483. The lowest BCUT2D eigenvalue weighted by atomic mass is 10.2. The molecule has 1 N–H and O–H groups in total. The van der Waals surface area contributed by atoms with Crippen molar-refractivity contribution < 1.29 is 4.74 Å². The van der Waals surface area contributed by atoms with E-state index in [9.17, 15) is 0 Å². The molecule has 0 amide bonds. The van der Waals surface area contributed by atoms with Gasteiger partial charge in [0.05, 0.1) is 11.8 Å². The van der Waals surface area contributed by atoms with Crippen molar-refractivity contribution >= 4 is 0 Å². The van der Waals surface area contributed by atoms with E-state index in [1.165, 1.54) is 50.0 Å². The number of imidazole rings is 1. The van der Waals surface area contributed by atoms with Crippen LogP contribution in [0.3, 0.4) is 0 Å². The Hall–Kier alpha value is -0.870. The van der Waals surface area contributed by atoms with E-state index in [0.717, 1.165) is 26.1 Å². The number of ether oxygens (including phenoxy) is 1. The molecule has 2 atom stereocenters. The molecule has 1 aromatic heterocycles. The predicted octanol–water partition coefficient (Wildman–Crippen LogP) is 2.66. The molecule has 0 radical (unpaired) electrons. The van der Waals surface area contributed by atoms with Crippen molar-refractivity contribution in [1.82, 2.24) is 14.9 Å². The Balaban J connectivity index is 1.59. The number of hydrogen-bond donors (Lipinski definition) is 1. The average Bonchev–Trinajstić information content (AvgIpc) is 2.97. The van der Waals surface area contributed by atoms with Gasteiger partial charge < -0.3 is 14.6 Å². The third-order valence-electron chi connectivity index (χ3n) is 4.68. The minimum Gasteiger partial charge on any atom is -0.377 e. The van der Waals surface area contributed by atoms with E-state index in [4.69, 9.17) is 4.74 Å². The molecule has 4 heteroatoms. The number of rotatable bonds is 5. The number of nitrogens with one attached hydrogen (secondary N) is 1. The number of nitrogens with zero attached hydrogens (tertiary/aromatic N) is 2. The molecule has 20 heavy (non-hydrogen) atoms. The van der Waals surface area contributed by atoms with Crippen LogP contribution in [-0.4, -0.2) is 28.3 Å². The lowest BCUT2D eigenvalue weighted by Crippen LogP contribution is -2.37. The molecule has 0 aromatic carbocycles. The summed E-state index contributed by atoms with van der Waals surface area (Å²) in [6, 6.07) is 0.520. The van der Waals surface area contributed by atoms with Crippen LogP contribution in [0.15, 0.2) is 6.20 Å². The van der Waals surface area contributed by atoms with Crippen molar-refractivity contribution in [2.24, 2.45) is 0 Å². The van der Waals surface area contributed by atoms with E-state index in [0.29, 0.717) is 12.1 Å². The van der Waals surface area contributed by atoms with Gasteiger partial charge in [-0.25, -0.2) is 4.98 Å². The van der Waals surface area contributed by atoms with Crippen LogP contribution in [0.5, 0.6) is 0 Å². The fourth-order valence-corrected chi connectivity index (χ4v) is 3.61. The molecule has 0 saturated heterocycles. The molecule has 1 fully saturated rings. The largest absolute Gasteiger partial charge is 0.377 e. The van der Waals surface area contributed by atoms with Gasteiger partial charge in [0.15, 0.2) is 0 Å². The highest BCUT2D eigenvalue weighted by atomic mass is 16.5. The molecule has 1 aliphatic heterocycles. The molecule has 2 aliphatic rings. The van der Waals surface area contributed by atoms with Gasteiger partial charge in [-0.05, 0) is 39.0 Å². The van der Waals surface area contributed by atoms with Crippen LogP contribution in [0, 0.1) is 0 Å². The Morgan fingerprint density at radius 3 is 3.15 bits per heavy atom. The molecule has 0 bridgehead atoms. The lowest BCUT2D eigenvalue weighted by Gasteiger charge is -2.21. The van der Waals surface area contributed by atoms with Crippen LogP contribution >= 0.6 is 0 Å². The van der Waals surface area contributed by atoms with Crippen molar-refractivity contribution in [1.29, 1.82) is 0 Å². The Kier molecular flexibility index (Phi) is 4.73. The van der Waals surface area contributed by atoms with E-state index in [2.05, 4.69) is 28.0 Å². The van der Waals surface area contributed by atoms with Gasteiger partial charge >= 0.3 is 0 Å². The van der Waals surface area contributed by atoms with E-state index < -0.39 is 0 Å². The second-order valence-corrected chi connectivity index (χ2v) is 6.04. The quantitative estimate of drug-likeness (QED) is 0.899. The highest BCUT2D eigenvalue weighted by molar-refractivity contribution is 5.07. The van der Waals surface area contributed by atoms with Gasteiger partial charge in [-0.1, -0.05) is 6.42 Å². The zero-order valence-electron chi connectivity index (χ0n) is 12.6. The number of hydrogen-bond acceptors (Lipinski definition) is 3. The summed E-state index contributed by atoms with van der Waals surface area (Å²) < 4.78 is 8.27. The molecule has 0 unspecified atom stereocenters. The van der Waals surface area contributed by atoms with Crippen molar-refractivity contribution in [2.75, 3.05) is 6.61 Å². The zero-order chi connectivity index (χ0) is 13.8. The SMILES string of the molecule is CCO[C@@H]1CCC[C@H]1NCc1cnc2n1CCCCC2. The maximum atomic E-state index is 5.83. The first kappa shape index (κ1) is 14.1. The van der Waals surface area contributed by atoms with Gasteiger partial charge in [-0.3, -0.25) is 0 Å². The normalized spacial score (nSPS) is 26.4. The molecule has 3 rings (SSSR count). The van der Waals surface area contributed by atoms with E-state index in [1.807, 2.05) is 0 Å². The molecular weight excluding hydrogens is 250 g/mol. The zero-order valence-corrected chi connectivity index (χ0v) is 12.6. The average molecular weight is 277 g/mol. The molecule has 112 valence electrons. The summed E-state index contributed by atoms with van der Waals surface area (Å²) in [6.07, 6.45) is 11.3. The van der Waals surface area contributed by atoms with Gasteiger partial charge in [-0.2, -0.15) is 0 Å². The van der Waals surface area contributed by atoms with Gasteiger partial charge in [0.1, 0.15) is 5.82 Å². The van der Waals surface area contributed by atoms with Crippen LogP contribution in [-0.2, 0) is 24.2 Å².